The normalized spacial score (nSPS) is 12.0. The third-order valence-corrected chi connectivity index (χ3v) is 5.05. The van der Waals surface area contributed by atoms with Crippen LogP contribution in [0.1, 0.15) is 12.5 Å². The third kappa shape index (κ3) is 4.51. The Hall–Kier alpha value is -3.61. The van der Waals surface area contributed by atoms with E-state index < -0.39 is 38.3 Å². The molecule has 3 N–H and O–H groups in total. The summed E-state index contributed by atoms with van der Waals surface area (Å²) in [5.74, 6) is -0.529. The lowest BCUT2D eigenvalue weighted by atomic mass is 10.1. The molecule has 2 heterocycles. The van der Waals surface area contributed by atoms with Gasteiger partial charge in [0, 0.05) is 11.3 Å². The molecule has 0 bridgehead atoms. The highest BCUT2D eigenvalue weighted by atomic mass is 32.2. The van der Waals surface area contributed by atoms with Crippen LogP contribution >= 0.6 is 0 Å². The Morgan fingerprint density at radius 3 is 2.30 bits per heavy atom. The average Bonchev–Trinajstić information content (AvgIpc) is 2.62. The SMILES string of the molecule is C=C(C)c1cc2[nH]c(=O)c(=O)[nH]c2nc1S(=O)(=O)Nc1ccc(OC(F)(F)F)cc1. The van der Waals surface area contributed by atoms with Gasteiger partial charge in [-0.05, 0) is 42.8 Å². The Labute approximate surface area is 166 Å². The number of benzene rings is 1. The van der Waals surface area contributed by atoms with Crippen molar-refractivity contribution < 1.29 is 26.3 Å². The maximum Gasteiger partial charge on any atom is 0.573 e. The molecule has 3 rings (SSSR count). The van der Waals surface area contributed by atoms with Crippen molar-refractivity contribution >= 4 is 32.4 Å². The molecule has 0 aliphatic rings. The van der Waals surface area contributed by atoms with E-state index >= 15 is 0 Å². The van der Waals surface area contributed by atoms with Crippen molar-refractivity contribution in [1.82, 2.24) is 15.0 Å². The van der Waals surface area contributed by atoms with Crippen molar-refractivity contribution in [3.8, 4) is 5.75 Å². The first-order chi connectivity index (χ1) is 13.9. The van der Waals surface area contributed by atoms with Crippen LogP contribution in [0.4, 0.5) is 18.9 Å². The molecular formula is C17H13F3N4O5S. The number of aromatic nitrogens is 3. The molecule has 2 aromatic heterocycles. The second kappa shape index (κ2) is 7.33. The summed E-state index contributed by atoms with van der Waals surface area (Å²) in [7, 11) is -4.35. The highest BCUT2D eigenvalue weighted by Crippen LogP contribution is 2.27. The van der Waals surface area contributed by atoms with Crippen LogP contribution in [-0.2, 0) is 10.0 Å². The Morgan fingerprint density at radius 2 is 1.73 bits per heavy atom. The van der Waals surface area contributed by atoms with Gasteiger partial charge < -0.3 is 14.7 Å². The molecule has 0 amide bonds. The Bertz CT molecular complexity index is 1360. The standard InChI is InChI=1S/C17H13F3N4O5S/c1-8(2)11-7-12-13(22-15(26)14(25)21-12)23-16(11)30(27,28)24-9-3-5-10(6-4-9)29-17(18,19)20/h3-7,24H,1H2,2H3,(H,21,25)(H,22,23,26). The predicted molar refractivity (Wildman–Crippen MR) is 102 cm³/mol. The number of nitrogens with zero attached hydrogens (tertiary/aromatic N) is 1. The van der Waals surface area contributed by atoms with E-state index in [1.165, 1.54) is 13.0 Å². The number of allylic oxidation sites excluding steroid dienone is 1. The number of anilines is 1. The molecule has 1 aromatic carbocycles. The van der Waals surface area contributed by atoms with Crippen molar-refractivity contribution in [1.29, 1.82) is 0 Å². The minimum Gasteiger partial charge on any atom is -0.406 e. The van der Waals surface area contributed by atoms with Gasteiger partial charge in [-0.15, -0.1) is 13.2 Å². The van der Waals surface area contributed by atoms with Gasteiger partial charge in [0.25, 0.3) is 10.0 Å². The van der Waals surface area contributed by atoms with E-state index in [0.717, 1.165) is 24.3 Å². The Morgan fingerprint density at radius 1 is 1.13 bits per heavy atom. The summed E-state index contributed by atoms with van der Waals surface area (Å²) in [5.41, 5.74) is -1.75. The number of sulfonamides is 1. The van der Waals surface area contributed by atoms with Crippen molar-refractivity contribution in [3.63, 3.8) is 0 Å². The molecule has 0 spiro atoms. The number of hydrogen-bond donors (Lipinski definition) is 3. The van der Waals surface area contributed by atoms with E-state index in [1.54, 1.807) is 0 Å². The van der Waals surface area contributed by atoms with Crippen molar-refractivity contribution in [2.45, 2.75) is 18.3 Å². The van der Waals surface area contributed by atoms with E-state index in [2.05, 4.69) is 31.0 Å². The third-order valence-electron chi connectivity index (χ3n) is 3.73. The van der Waals surface area contributed by atoms with Crippen LogP contribution < -0.4 is 20.6 Å². The number of alkyl halides is 3. The van der Waals surface area contributed by atoms with Gasteiger partial charge in [-0.2, -0.15) is 8.42 Å². The van der Waals surface area contributed by atoms with Crippen molar-refractivity contribution in [2.75, 3.05) is 4.72 Å². The van der Waals surface area contributed by atoms with E-state index in [0.29, 0.717) is 5.57 Å². The summed E-state index contributed by atoms with van der Waals surface area (Å²) >= 11 is 0. The summed E-state index contributed by atoms with van der Waals surface area (Å²) in [6.45, 7) is 5.19. The van der Waals surface area contributed by atoms with E-state index in [4.69, 9.17) is 0 Å². The van der Waals surface area contributed by atoms with Crippen LogP contribution in [-0.4, -0.2) is 29.7 Å². The minimum absolute atomic E-state index is 0.0611. The summed E-state index contributed by atoms with van der Waals surface area (Å²) in [6.07, 6.45) is -4.88. The molecule has 9 nitrogen and oxygen atoms in total. The largest absolute Gasteiger partial charge is 0.573 e. The van der Waals surface area contributed by atoms with Crippen molar-refractivity contribution in [2.24, 2.45) is 0 Å². The fourth-order valence-electron chi connectivity index (χ4n) is 2.47. The number of pyridine rings is 1. The van der Waals surface area contributed by atoms with Crippen LogP contribution in [0, 0.1) is 0 Å². The molecule has 3 aromatic rings. The van der Waals surface area contributed by atoms with Gasteiger partial charge in [-0.25, -0.2) is 4.98 Å². The fraction of sp³-hybridized carbons (Fsp3) is 0.118. The second-order valence-corrected chi connectivity index (χ2v) is 7.70. The van der Waals surface area contributed by atoms with Crippen LogP contribution in [0.2, 0.25) is 0 Å². The number of aromatic amines is 2. The molecule has 0 saturated carbocycles. The molecule has 0 saturated heterocycles. The lowest BCUT2D eigenvalue weighted by molar-refractivity contribution is -0.274. The smallest absolute Gasteiger partial charge is 0.406 e. The highest BCUT2D eigenvalue weighted by molar-refractivity contribution is 7.92. The number of nitrogens with one attached hydrogen (secondary N) is 3. The minimum atomic E-state index is -4.88. The molecule has 0 aliphatic heterocycles. The van der Waals surface area contributed by atoms with Crippen molar-refractivity contribution in [3.05, 3.63) is 63.2 Å². The molecule has 0 fully saturated rings. The van der Waals surface area contributed by atoms with E-state index in [1.807, 2.05) is 0 Å². The monoisotopic (exact) mass is 442 g/mol. The zero-order valence-corrected chi connectivity index (χ0v) is 15.9. The van der Waals surface area contributed by atoms with Crippen LogP contribution in [0.3, 0.4) is 0 Å². The van der Waals surface area contributed by atoms with Crippen LogP contribution in [0.5, 0.6) is 5.75 Å². The van der Waals surface area contributed by atoms with Gasteiger partial charge >= 0.3 is 17.5 Å². The molecule has 0 aliphatic carbocycles. The quantitative estimate of drug-likeness (QED) is 0.520. The average molecular weight is 442 g/mol. The first-order valence-corrected chi connectivity index (χ1v) is 9.56. The molecule has 158 valence electrons. The molecule has 0 radical (unpaired) electrons. The van der Waals surface area contributed by atoms with Gasteiger partial charge in [0.1, 0.15) is 5.75 Å². The number of H-pyrrole nitrogens is 2. The van der Waals surface area contributed by atoms with Gasteiger partial charge in [0.2, 0.25) is 0 Å². The fourth-order valence-corrected chi connectivity index (χ4v) is 3.75. The number of ether oxygens (including phenoxy) is 1. The highest BCUT2D eigenvalue weighted by Gasteiger charge is 2.31. The predicted octanol–water partition coefficient (Wildman–Crippen LogP) is 2.34. The van der Waals surface area contributed by atoms with Crippen LogP contribution in [0.25, 0.3) is 16.7 Å². The summed E-state index contributed by atoms with van der Waals surface area (Å²) in [4.78, 5) is 31.4. The lowest BCUT2D eigenvalue weighted by Gasteiger charge is -2.13. The van der Waals surface area contributed by atoms with Crippen LogP contribution in [0.15, 0.2) is 51.5 Å². The molecule has 0 atom stereocenters. The lowest BCUT2D eigenvalue weighted by Crippen LogP contribution is -2.29. The number of fused-ring (bicyclic) bond motifs is 1. The maximum absolute atomic E-state index is 12.8. The topological polar surface area (TPSA) is 134 Å². The molecule has 30 heavy (non-hydrogen) atoms. The first kappa shape index (κ1) is 21.1. The zero-order chi connectivity index (χ0) is 22.3. The second-order valence-electron chi connectivity index (χ2n) is 6.10. The summed E-state index contributed by atoms with van der Waals surface area (Å²) in [6, 6.07) is 5.29. The van der Waals surface area contributed by atoms with Gasteiger partial charge in [0.15, 0.2) is 10.7 Å². The number of halogens is 3. The maximum atomic E-state index is 12.8. The number of rotatable bonds is 5. The molecule has 13 heteroatoms. The Balaban J connectivity index is 2.03. The number of hydrogen-bond acceptors (Lipinski definition) is 6. The Kier molecular flexibility index (Phi) is 5.16. The molecular weight excluding hydrogens is 429 g/mol. The van der Waals surface area contributed by atoms with Gasteiger partial charge in [-0.1, -0.05) is 6.58 Å². The van der Waals surface area contributed by atoms with Gasteiger partial charge in [0.05, 0.1) is 5.52 Å². The zero-order valence-electron chi connectivity index (χ0n) is 15.1. The summed E-state index contributed by atoms with van der Waals surface area (Å²) < 4.78 is 68.3. The molecule has 0 unspecified atom stereocenters. The van der Waals surface area contributed by atoms with E-state index in [-0.39, 0.29) is 22.4 Å². The summed E-state index contributed by atoms with van der Waals surface area (Å²) in [5, 5.41) is -0.499. The first-order valence-electron chi connectivity index (χ1n) is 8.07. The van der Waals surface area contributed by atoms with Gasteiger partial charge in [-0.3, -0.25) is 14.3 Å². The van der Waals surface area contributed by atoms with E-state index in [9.17, 15) is 31.2 Å².